The normalized spacial score (nSPS) is 15.1. The number of hydrogen-bond donors (Lipinski definition) is 3. The van der Waals surface area contributed by atoms with Crippen molar-refractivity contribution in [2.45, 2.75) is 25.4 Å². The molecule has 1 aliphatic rings. The molecule has 9 nitrogen and oxygen atoms in total. The minimum atomic E-state index is -4.39. The number of H-pyrrole nitrogens is 1. The van der Waals surface area contributed by atoms with E-state index >= 15 is 4.39 Å². The Kier molecular flexibility index (Phi) is 6.45. The second kappa shape index (κ2) is 9.18. The van der Waals surface area contributed by atoms with E-state index in [-0.39, 0.29) is 22.4 Å². The summed E-state index contributed by atoms with van der Waals surface area (Å²) in [4.78, 5) is 23.8. The molecule has 3 aromatic rings. The van der Waals surface area contributed by atoms with Crippen LogP contribution in [0.5, 0.6) is 0 Å². The largest absolute Gasteiger partial charge is 0.390 e. The molecule has 0 saturated carbocycles. The van der Waals surface area contributed by atoms with Crippen molar-refractivity contribution >= 4 is 38.5 Å². The highest BCUT2D eigenvalue weighted by Crippen LogP contribution is 2.29. The second-order valence-corrected chi connectivity index (χ2v) is 9.32. The SMILES string of the molecule is O=C(c1cccc(NS(=O)(=O)N2CCCC2)c1F)c1c[nH]c2ncnc(NCCC(F)(F)F)c12. The zero-order chi connectivity index (χ0) is 24.5. The monoisotopic (exact) mass is 500 g/mol. The van der Waals surface area contributed by atoms with Crippen molar-refractivity contribution in [3.8, 4) is 0 Å². The molecule has 1 saturated heterocycles. The quantitative estimate of drug-likeness (QED) is 0.322. The Morgan fingerprint density at radius 1 is 1.15 bits per heavy atom. The Labute approximate surface area is 191 Å². The molecule has 0 spiro atoms. The Morgan fingerprint density at radius 2 is 1.88 bits per heavy atom. The number of halogens is 4. The van der Waals surface area contributed by atoms with Gasteiger partial charge in [0.2, 0.25) is 0 Å². The Balaban J connectivity index is 1.64. The molecule has 14 heteroatoms. The van der Waals surface area contributed by atoms with Crippen LogP contribution >= 0.6 is 0 Å². The van der Waals surface area contributed by atoms with Gasteiger partial charge in [-0.3, -0.25) is 9.52 Å². The summed E-state index contributed by atoms with van der Waals surface area (Å²) in [6.07, 6.45) is -1.76. The third-order valence-electron chi connectivity index (χ3n) is 5.30. The maximum absolute atomic E-state index is 15.2. The van der Waals surface area contributed by atoms with E-state index in [0.717, 1.165) is 6.33 Å². The summed E-state index contributed by atoms with van der Waals surface area (Å²) in [5.74, 6) is -1.92. The average Bonchev–Trinajstić information content (AvgIpc) is 3.45. The van der Waals surface area contributed by atoms with Crippen LogP contribution in [0.3, 0.4) is 0 Å². The minimum Gasteiger partial charge on any atom is -0.369 e. The number of anilines is 2. The number of nitrogens with one attached hydrogen (secondary N) is 3. The number of fused-ring (bicyclic) bond motifs is 1. The average molecular weight is 500 g/mol. The molecule has 3 N–H and O–H groups in total. The zero-order valence-electron chi connectivity index (χ0n) is 17.6. The lowest BCUT2D eigenvalue weighted by molar-refractivity contribution is -0.131. The van der Waals surface area contributed by atoms with Gasteiger partial charge in [0, 0.05) is 25.8 Å². The zero-order valence-corrected chi connectivity index (χ0v) is 18.4. The maximum Gasteiger partial charge on any atom is 0.390 e. The summed E-state index contributed by atoms with van der Waals surface area (Å²) in [7, 11) is -3.99. The lowest BCUT2D eigenvalue weighted by atomic mass is 10.0. The van der Waals surface area contributed by atoms with Crippen molar-refractivity contribution in [2.24, 2.45) is 0 Å². The van der Waals surface area contributed by atoms with E-state index in [1.54, 1.807) is 0 Å². The molecule has 0 bridgehead atoms. The Hall–Kier alpha value is -3.26. The number of nitrogens with zero attached hydrogens (tertiary/aromatic N) is 3. The Morgan fingerprint density at radius 3 is 2.59 bits per heavy atom. The molecule has 1 fully saturated rings. The fourth-order valence-electron chi connectivity index (χ4n) is 3.66. The van der Waals surface area contributed by atoms with Crippen molar-refractivity contribution in [3.05, 3.63) is 47.7 Å². The third kappa shape index (κ3) is 4.97. The fraction of sp³-hybridized carbons (Fsp3) is 0.350. The maximum atomic E-state index is 15.2. The Bertz CT molecular complexity index is 1320. The molecule has 4 rings (SSSR count). The molecule has 3 heterocycles. The summed E-state index contributed by atoms with van der Waals surface area (Å²) < 4.78 is 81.1. The van der Waals surface area contributed by atoms with Crippen molar-refractivity contribution in [3.63, 3.8) is 0 Å². The van der Waals surface area contributed by atoms with E-state index in [2.05, 4.69) is 25.0 Å². The molecular formula is C20H20F4N6O3S. The molecule has 0 aliphatic carbocycles. The summed E-state index contributed by atoms with van der Waals surface area (Å²) in [6.45, 7) is 0.139. The summed E-state index contributed by atoms with van der Waals surface area (Å²) in [5, 5.41) is 2.63. The number of hydrogen-bond acceptors (Lipinski definition) is 6. The fourth-order valence-corrected chi connectivity index (χ4v) is 4.97. The van der Waals surface area contributed by atoms with Gasteiger partial charge in [-0.05, 0) is 25.0 Å². The summed E-state index contributed by atoms with van der Waals surface area (Å²) in [6, 6.07) is 3.71. The van der Waals surface area contributed by atoms with E-state index in [9.17, 15) is 26.4 Å². The van der Waals surface area contributed by atoms with Crippen LogP contribution in [0.2, 0.25) is 0 Å². The van der Waals surface area contributed by atoms with Crippen LogP contribution in [-0.2, 0) is 10.2 Å². The van der Waals surface area contributed by atoms with Gasteiger partial charge >= 0.3 is 16.4 Å². The van der Waals surface area contributed by atoms with Gasteiger partial charge in [0.15, 0.2) is 11.6 Å². The van der Waals surface area contributed by atoms with Crippen LogP contribution in [0.25, 0.3) is 11.0 Å². The first-order valence-corrected chi connectivity index (χ1v) is 11.7. The summed E-state index contributed by atoms with van der Waals surface area (Å²) in [5.41, 5.74) is -0.729. The van der Waals surface area contributed by atoms with E-state index in [0.29, 0.717) is 25.9 Å². The van der Waals surface area contributed by atoms with Gasteiger partial charge in [-0.25, -0.2) is 14.4 Å². The van der Waals surface area contributed by atoms with Crippen LogP contribution in [-0.4, -0.2) is 59.3 Å². The highest BCUT2D eigenvalue weighted by Gasteiger charge is 2.29. The van der Waals surface area contributed by atoms with Gasteiger partial charge in [-0.2, -0.15) is 25.9 Å². The van der Waals surface area contributed by atoms with Gasteiger partial charge in [0.25, 0.3) is 0 Å². The summed E-state index contributed by atoms with van der Waals surface area (Å²) >= 11 is 0. The highest BCUT2D eigenvalue weighted by atomic mass is 32.2. The van der Waals surface area contributed by atoms with Gasteiger partial charge < -0.3 is 10.3 Å². The number of benzene rings is 1. The molecule has 0 atom stereocenters. The lowest BCUT2D eigenvalue weighted by Crippen LogP contribution is -2.33. The number of rotatable bonds is 8. The van der Waals surface area contributed by atoms with E-state index in [1.807, 2.05) is 0 Å². The van der Waals surface area contributed by atoms with Gasteiger partial charge in [-0.15, -0.1) is 0 Å². The molecule has 0 unspecified atom stereocenters. The van der Waals surface area contributed by atoms with Crippen molar-refractivity contribution < 1.29 is 30.8 Å². The van der Waals surface area contributed by atoms with E-state index in [4.69, 9.17) is 0 Å². The first-order valence-electron chi connectivity index (χ1n) is 10.3. The predicted octanol–water partition coefficient (Wildman–Crippen LogP) is 3.44. The third-order valence-corrected chi connectivity index (χ3v) is 6.83. The smallest absolute Gasteiger partial charge is 0.369 e. The number of aromatic amines is 1. The number of ketones is 1. The molecular weight excluding hydrogens is 480 g/mol. The first-order chi connectivity index (χ1) is 16.1. The van der Waals surface area contributed by atoms with E-state index in [1.165, 1.54) is 28.7 Å². The number of carbonyl (C=O) groups excluding carboxylic acids is 1. The van der Waals surface area contributed by atoms with Crippen LogP contribution in [0.1, 0.15) is 35.2 Å². The van der Waals surface area contributed by atoms with Gasteiger partial charge in [0.1, 0.15) is 17.8 Å². The highest BCUT2D eigenvalue weighted by molar-refractivity contribution is 7.90. The number of alkyl halides is 3. The molecule has 1 aromatic carbocycles. The van der Waals surface area contributed by atoms with Gasteiger partial charge in [0.05, 0.1) is 28.6 Å². The topological polar surface area (TPSA) is 120 Å². The first kappa shape index (κ1) is 23.9. The van der Waals surface area contributed by atoms with Crippen LogP contribution in [0.15, 0.2) is 30.7 Å². The standard InChI is InChI=1S/C20H20F4N6O3S/c21-16-12(4-3-5-14(16)29-34(32,33)30-8-1-2-9-30)17(31)13-10-26-19-15(13)18(27-11-28-19)25-7-6-20(22,23)24/h3-5,10-11,29H,1-2,6-9H2,(H2,25,26,27,28). The molecule has 182 valence electrons. The number of aromatic nitrogens is 3. The van der Waals surface area contributed by atoms with Crippen LogP contribution in [0.4, 0.5) is 29.1 Å². The van der Waals surface area contributed by atoms with Crippen molar-refractivity contribution in [1.29, 1.82) is 0 Å². The predicted molar refractivity (Wildman–Crippen MR) is 116 cm³/mol. The van der Waals surface area contributed by atoms with Crippen molar-refractivity contribution in [2.75, 3.05) is 29.7 Å². The van der Waals surface area contributed by atoms with E-state index < -0.39 is 52.2 Å². The van der Waals surface area contributed by atoms with Crippen molar-refractivity contribution in [1.82, 2.24) is 19.3 Å². The molecule has 1 aliphatic heterocycles. The van der Waals surface area contributed by atoms with Gasteiger partial charge in [-0.1, -0.05) is 6.07 Å². The molecule has 0 amide bonds. The number of carbonyl (C=O) groups is 1. The van der Waals surface area contributed by atoms with Crippen LogP contribution in [0, 0.1) is 5.82 Å². The molecule has 34 heavy (non-hydrogen) atoms. The van der Waals surface area contributed by atoms with Crippen LogP contribution < -0.4 is 10.0 Å². The molecule has 2 aromatic heterocycles. The lowest BCUT2D eigenvalue weighted by Gasteiger charge is -2.17. The molecule has 0 radical (unpaired) electrons. The second-order valence-electron chi connectivity index (χ2n) is 7.65. The minimum absolute atomic E-state index is 0.0230.